The third-order valence-corrected chi connectivity index (χ3v) is 5.11. The summed E-state index contributed by atoms with van der Waals surface area (Å²) >= 11 is 0. The van der Waals surface area contributed by atoms with E-state index in [1.54, 1.807) is 18.2 Å². The van der Waals surface area contributed by atoms with Crippen LogP contribution in [0, 0.1) is 10.1 Å². The average Bonchev–Trinajstić information content (AvgIpc) is 2.95. The van der Waals surface area contributed by atoms with Crippen molar-refractivity contribution in [2.24, 2.45) is 0 Å². The molecule has 0 fully saturated rings. The molecule has 0 saturated heterocycles. The van der Waals surface area contributed by atoms with E-state index in [1.165, 1.54) is 30.3 Å². The van der Waals surface area contributed by atoms with Gasteiger partial charge in [0.15, 0.2) is 6.29 Å². The zero-order chi connectivity index (χ0) is 16.6. The van der Waals surface area contributed by atoms with E-state index in [-0.39, 0.29) is 27.0 Å². The molecule has 0 saturated carbocycles. The summed E-state index contributed by atoms with van der Waals surface area (Å²) in [6, 6.07) is 11.7. The van der Waals surface area contributed by atoms with Crippen LogP contribution in [0.1, 0.15) is 10.4 Å². The van der Waals surface area contributed by atoms with E-state index in [0.717, 1.165) is 10.2 Å². The van der Waals surface area contributed by atoms with Gasteiger partial charge in [-0.25, -0.2) is 12.4 Å². The van der Waals surface area contributed by atoms with Gasteiger partial charge in [0.25, 0.3) is 15.7 Å². The number of nitrogens with zero attached hydrogens (tertiary/aromatic N) is 2. The number of nitro benzene ring substituents is 1. The lowest BCUT2D eigenvalue weighted by molar-refractivity contribution is -0.383. The average molecular weight is 330 g/mol. The molecule has 3 aromatic rings. The van der Waals surface area contributed by atoms with Crippen LogP contribution >= 0.6 is 0 Å². The number of nitro groups is 1. The Hall–Kier alpha value is -3.00. The normalized spacial score (nSPS) is 11.5. The van der Waals surface area contributed by atoms with E-state index in [2.05, 4.69) is 0 Å². The molecule has 0 bridgehead atoms. The zero-order valence-electron chi connectivity index (χ0n) is 11.6. The van der Waals surface area contributed by atoms with E-state index in [1.807, 2.05) is 0 Å². The highest BCUT2D eigenvalue weighted by atomic mass is 32.2. The second kappa shape index (κ2) is 5.33. The van der Waals surface area contributed by atoms with Crippen LogP contribution in [-0.4, -0.2) is 23.6 Å². The molecule has 0 amide bonds. The number of non-ortho nitro benzene ring substituents is 1. The minimum Gasteiger partial charge on any atom is -0.298 e. The zero-order valence-corrected chi connectivity index (χ0v) is 12.4. The number of aldehydes is 1. The summed E-state index contributed by atoms with van der Waals surface area (Å²) in [5, 5.41) is 11.1. The summed E-state index contributed by atoms with van der Waals surface area (Å²) in [6.07, 6.45) is 1.51. The van der Waals surface area contributed by atoms with Crippen LogP contribution in [-0.2, 0) is 10.0 Å². The van der Waals surface area contributed by atoms with Gasteiger partial charge in [-0.05, 0) is 18.2 Å². The predicted octanol–water partition coefficient (Wildman–Crippen LogP) is 2.60. The van der Waals surface area contributed by atoms with Gasteiger partial charge in [0.1, 0.15) is 0 Å². The molecule has 0 spiro atoms. The molecule has 1 heterocycles. The molecule has 8 heteroatoms. The van der Waals surface area contributed by atoms with E-state index < -0.39 is 14.9 Å². The molecule has 1 aromatic heterocycles. The standard InChI is InChI=1S/C15H10N2O5S/c18-10-11-9-16(23(21,22)12-5-2-1-3-6-12)13-7-4-8-14(15(11)13)17(19)20/h1-10H. The highest BCUT2D eigenvalue weighted by Gasteiger charge is 2.25. The van der Waals surface area contributed by atoms with Crippen molar-refractivity contribution in [1.29, 1.82) is 0 Å². The maximum atomic E-state index is 12.7. The van der Waals surface area contributed by atoms with Gasteiger partial charge in [-0.3, -0.25) is 14.9 Å². The molecule has 116 valence electrons. The molecule has 23 heavy (non-hydrogen) atoms. The number of hydrogen-bond acceptors (Lipinski definition) is 5. The summed E-state index contributed by atoms with van der Waals surface area (Å²) in [7, 11) is -3.96. The molecule has 3 rings (SSSR count). The SMILES string of the molecule is O=Cc1cn(S(=O)(=O)c2ccccc2)c2cccc([N+](=O)[O-])c12. The van der Waals surface area contributed by atoms with E-state index in [0.29, 0.717) is 6.29 Å². The number of benzene rings is 2. The van der Waals surface area contributed by atoms with Crippen molar-refractivity contribution in [3.8, 4) is 0 Å². The Morgan fingerprint density at radius 2 is 1.74 bits per heavy atom. The van der Waals surface area contributed by atoms with Gasteiger partial charge in [-0.15, -0.1) is 0 Å². The van der Waals surface area contributed by atoms with E-state index in [9.17, 15) is 23.3 Å². The van der Waals surface area contributed by atoms with Crippen LogP contribution in [0.2, 0.25) is 0 Å². The Morgan fingerprint density at radius 1 is 1.04 bits per heavy atom. The van der Waals surface area contributed by atoms with Crippen molar-refractivity contribution >= 4 is 32.9 Å². The van der Waals surface area contributed by atoms with Gasteiger partial charge in [0, 0.05) is 17.8 Å². The van der Waals surface area contributed by atoms with Crippen molar-refractivity contribution in [3.63, 3.8) is 0 Å². The number of aromatic nitrogens is 1. The second-order valence-corrected chi connectivity index (χ2v) is 6.56. The summed E-state index contributed by atoms with van der Waals surface area (Å²) < 4.78 is 26.4. The van der Waals surface area contributed by atoms with Gasteiger partial charge < -0.3 is 0 Å². The number of rotatable bonds is 4. The maximum Gasteiger partial charge on any atom is 0.279 e. The molecule has 0 aliphatic rings. The second-order valence-electron chi connectivity index (χ2n) is 4.74. The molecule has 0 radical (unpaired) electrons. The van der Waals surface area contributed by atoms with Gasteiger partial charge in [0.05, 0.1) is 20.7 Å². The summed E-state index contributed by atoms with van der Waals surface area (Å²) in [4.78, 5) is 21.8. The largest absolute Gasteiger partial charge is 0.298 e. The maximum absolute atomic E-state index is 12.7. The lowest BCUT2D eigenvalue weighted by Crippen LogP contribution is -2.11. The molecular formula is C15H10N2O5S. The number of carbonyl (C=O) groups is 1. The first-order chi connectivity index (χ1) is 11.0. The topological polar surface area (TPSA) is 99.3 Å². The quantitative estimate of drug-likeness (QED) is 0.416. The third-order valence-electron chi connectivity index (χ3n) is 3.43. The van der Waals surface area contributed by atoms with Gasteiger partial charge in [0.2, 0.25) is 0 Å². The van der Waals surface area contributed by atoms with Crippen LogP contribution < -0.4 is 0 Å². The van der Waals surface area contributed by atoms with Crippen LogP contribution in [0.3, 0.4) is 0 Å². The Morgan fingerprint density at radius 3 is 2.35 bits per heavy atom. The van der Waals surface area contributed by atoms with Crippen molar-refractivity contribution in [3.05, 3.63) is 70.4 Å². The minimum absolute atomic E-state index is 0.00649. The van der Waals surface area contributed by atoms with Crippen molar-refractivity contribution in [2.75, 3.05) is 0 Å². The van der Waals surface area contributed by atoms with Gasteiger partial charge >= 0.3 is 0 Å². The summed E-state index contributed by atoms with van der Waals surface area (Å²) in [6.45, 7) is 0. The van der Waals surface area contributed by atoms with Crippen molar-refractivity contribution in [2.45, 2.75) is 4.90 Å². The van der Waals surface area contributed by atoms with Crippen LogP contribution in [0.5, 0.6) is 0 Å². The first-order valence-corrected chi connectivity index (χ1v) is 7.95. The predicted molar refractivity (Wildman–Crippen MR) is 83.0 cm³/mol. The first-order valence-electron chi connectivity index (χ1n) is 6.51. The lowest BCUT2D eigenvalue weighted by Gasteiger charge is -2.07. The molecule has 7 nitrogen and oxygen atoms in total. The molecule has 0 unspecified atom stereocenters. The Balaban J connectivity index is 2.39. The fourth-order valence-electron chi connectivity index (χ4n) is 2.41. The first kappa shape index (κ1) is 14.9. The van der Waals surface area contributed by atoms with Gasteiger partial charge in [-0.2, -0.15) is 0 Å². The van der Waals surface area contributed by atoms with E-state index in [4.69, 9.17) is 0 Å². The molecule has 2 aromatic carbocycles. The number of fused-ring (bicyclic) bond motifs is 1. The highest BCUT2D eigenvalue weighted by Crippen LogP contribution is 2.31. The molecule has 0 aliphatic heterocycles. The lowest BCUT2D eigenvalue weighted by atomic mass is 10.1. The molecule has 0 N–H and O–H groups in total. The van der Waals surface area contributed by atoms with E-state index >= 15 is 0 Å². The highest BCUT2D eigenvalue weighted by molar-refractivity contribution is 7.90. The Bertz CT molecular complexity index is 1020. The molecule has 0 aliphatic carbocycles. The number of carbonyl (C=O) groups excluding carboxylic acids is 1. The summed E-state index contributed by atoms with van der Waals surface area (Å²) in [5.74, 6) is 0. The summed E-state index contributed by atoms with van der Waals surface area (Å²) in [5.41, 5.74) is -0.274. The van der Waals surface area contributed by atoms with Crippen LogP contribution in [0.4, 0.5) is 5.69 Å². The molecular weight excluding hydrogens is 320 g/mol. The number of hydrogen-bond donors (Lipinski definition) is 0. The van der Waals surface area contributed by atoms with Gasteiger partial charge in [-0.1, -0.05) is 24.3 Å². The third kappa shape index (κ3) is 2.29. The Labute approximate surface area is 131 Å². The fourth-order valence-corrected chi connectivity index (χ4v) is 3.81. The van der Waals surface area contributed by atoms with Crippen molar-refractivity contribution < 1.29 is 18.1 Å². The monoisotopic (exact) mass is 330 g/mol. The van der Waals surface area contributed by atoms with Crippen LogP contribution in [0.15, 0.2) is 59.6 Å². The fraction of sp³-hybridized carbons (Fsp3) is 0. The molecule has 0 atom stereocenters. The van der Waals surface area contributed by atoms with Crippen LogP contribution in [0.25, 0.3) is 10.9 Å². The minimum atomic E-state index is -3.96. The van der Waals surface area contributed by atoms with Crippen molar-refractivity contribution in [1.82, 2.24) is 3.97 Å². The smallest absolute Gasteiger partial charge is 0.279 e. The Kier molecular flexibility index (Phi) is 3.45.